The fraction of sp³-hybridized carbons (Fsp3) is 0.913. The summed E-state index contributed by atoms with van der Waals surface area (Å²) in [6.45, 7) is 18.6. The van der Waals surface area contributed by atoms with Crippen molar-refractivity contribution in [3.63, 3.8) is 0 Å². The fourth-order valence-electron chi connectivity index (χ4n) is 5.11. The van der Waals surface area contributed by atoms with Gasteiger partial charge in [-0.3, -0.25) is 19.6 Å². The summed E-state index contributed by atoms with van der Waals surface area (Å²) in [5, 5.41) is 3.51. The lowest BCUT2D eigenvalue weighted by molar-refractivity contribution is -0.135. The second-order valence-electron chi connectivity index (χ2n) is 9.61. The molecule has 0 aromatic heterocycles. The number of piperazine rings is 1. The minimum absolute atomic E-state index is 0.00662. The van der Waals surface area contributed by atoms with Crippen LogP contribution in [0, 0.1) is 5.92 Å². The Hall–Kier alpha value is -1.34. The van der Waals surface area contributed by atoms with Crippen LogP contribution in [0.1, 0.15) is 53.4 Å². The summed E-state index contributed by atoms with van der Waals surface area (Å²) in [6.07, 6.45) is 4.87. The molecule has 30 heavy (non-hydrogen) atoms. The van der Waals surface area contributed by atoms with Crippen LogP contribution in [-0.2, 0) is 4.79 Å². The summed E-state index contributed by atoms with van der Waals surface area (Å²) >= 11 is 0. The third-order valence-electron chi connectivity index (χ3n) is 6.82. The second kappa shape index (κ2) is 11.3. The summed E-state index contributed by atoms with van der Waals surface area (Å²) in [5.74, 6) is 2.07. The minimum Gasteiger partial charge on any atom is -0.357 e. The van der Waals surface area contributed by atoms with Crippen molar-refractivity contribution in [1.82, 2.24) is 24.9 Å². The average Bonchev–Trinajstić information content (AvgIpc) is 3.42. The predicted octanol–water partition coefficient (Wildman–Crippen LogP) is 1.70. The number of amides is 1. The minimum atomic E-state index is -0.00662. The Morgan fingerprint density at radius 3 is 2.30 bits per heavy atom. The van der Waals surface area contributed by atoms with E-state index < -0.39 is 0 Å². The molecule has 0 aliphatic carbocycles. The van der Waals surface area contributed by atoms with E-state index >= 15 is 0 Å². The van der Waals surface area contributed by atoms with Crippen molar-refractivity contribution in [1.29, 1.82) is 0 Å². The third kappa shape index (κ3) is 6.10. The van der Waals surface area contributed by atoms with E-state index in [2.05, 4.69) is 47.7 Å². The van der Waals surface area contributed by atoms with Crippen LogP contribution in [0.4, 0.5) is 0 Å². The Morgan fingerprint density at radius 1 is 0.967 bits per heavy atom. The fourth-order valence-corrected chi connectivity index (χ4v) is 5.11. The molecule has 0 aromatic carbocycles. The van der Waals surface area contributed by atoms with Gasteiger partial charge in [0.05, 0.1) is 12.6 Å². The smallest absolute Gasteiger partial charge is 0.239 e. The Bertz CT molecular complexity index is 566. The molecule has 2 atom stereocenters. The van der Waals surface area contributed by atoms with Crippen molar-refractivity contribution >= 4 is 11.9 Å². The van der Waals surface area contributed by atoms with Gasteiger partial charge in [0.25, 0.3) is 0 Å². The van der Waals surface area contributed by atoms with E-state index in [0.717, 1.165) is 71.2 Å². The summed E-state index contributed by atoms with van der Waals surface area (Å²) in [4.78, 5) is 27.2. The maximum Gasteiger partial charge on any atom is 0.239 e. The number of guanidine groups is 1. The highest BCUT2D eigenvalue weighted by Gasteiger charge is 2.31. The highest BCUT2D eigenvalue weighted by molar-refractivity contribution is 5.82. The molecule has 7 heteroatoms. The molecular weight excluding hydrogens is 376 g/mol. The van der Waals surface area contributed by atoms with Crippen LogP contribution >= 0.6 is 0 Å². The van der Waals surface area contributed by atoms with Gasteiger partial charge < -0.3 is 15.1 Å². The molecule has 1 N–H and O–H groups in total. The molecule has 3 aliphatic heterocycles. The van der Waals surface area contributed by atoms with Crippen molar-refractivity contribution in [2.24, 2.45) is 10.9 Å². The SMILES string of the molecule is CCNC(=NC[C@H]1CCCN1CC(C)C)N1CCN(C(C)C(=O)N2CCCC2)CC1. The van der Waals surface area contributed by atoms with Crippen molar-refractivity contribution in [2.75, 3.05) is 65.4 Å². The summed E-state index contributed by atoms with van der Waals surface area (Å²) in [5.41, 5.74) is 0. The van der Waals surface area contributed by atoms with Crippen LogP contribution in [-0.4, -0.2) is 109 Å². The Kier molecular flexibility index (Phi) is 8.81. The molecule has 0 aromatic rings. The summed E-state index contributed by atoms with van der Waals surface area (Å²) in [6, 6.07) is 0.577. The second-order valence-corrected chi connectivity index (χ2v) is 9.61. The molecule has 1 unspecified atom stereocenters. The van der Waals surface area contributed by atoms with E-state index in [1.165, 1.54) is 25.9 Å². The van der Waals surface area contributed by atoms with Gasteiger partial charge >= 0.3 is 0 Å². The first-order chi connectivity index (χ1) is 14.5. The Labute approximate surface area is 183 Å². The lowest BCUT2D eigenvalue weighted by Crippen LogP contribution is -2.57. The number of aliphatic imine (C=N–C) groups is 1. The average molecular weight is 421 g/mol. The van der Waals surface area contributed by atoms with Crippen molar-refractivity contribution in [2.45, 2.75) is 65.5 Å². The van der Waals surface area contributed by atoms with E-state index in [0.29, 0.717) is 17.9 Å². The molecule has 3 rings (SSSR count). The molecular formula is C23H44N6O. The van der Waals surface area contributed by atoms with E-state index in [1.807, 2.05) is 4.90 Å². The number of nitrogens with one attached hydrogen (secondary N) is 1. The monoisotopic (exact) mass is 420 g/mol. The van der Waals surface area contributed by atoms with Crippen LogP contribution in [0.3, 0.4) is 0 Å². The topological polar surface area (TPSA) is 54.4 Å². The Balaban J connectivity index is 1.52. The molecule has 0 spiro atoms. The molecule has 3 heterocycles. The number of hydrogen-bond donors (Lipinski definition) is 1. The molecule has 0 bridgehead atoms. The third-order valence-corrected chi connectivity index (χ3v) is 6.82. The zero-order valence-electron chi connectivity index (χ0n) is 19.8. The van der Waals surface area contributed by atoms with E-state index in [4.69, 9.17) is 4.99 Å². The summed E-state index contributed by atoms with van der Waals surface area (Å²) in [7, 11) is 0. The number of rotatable bonds is 7. The standard InChI is InChI=1S/C23H44N6O/c1-5-24-23(25-17-21-9-8-12-29(21)18-19(2)3)28-15-13-26(14-16-28)20(4)22(30)27-10-6-7-11-27/h19-21H,5-18H2,1-4H3,(H,24,25)/t20?,21-/m1/s1. The largest absolute Gasteiger partial charge is 0.357 e. The number of carbonyl (C=O) groups is 1. The van der Waals surface area contributed by atoms with Crippen molar-refractivity contribution in [3.05, 3.63) is 0 Å². The zero-order chi connectivity index (χ0) is 21.5. The van der Waals surface area contributed by atoms with E-state index in [1.54, 1.807) is 0 Å². The van der Waals surface area contributed by atoms with E-state index in [9.17, 15) is 4.79 Å². The van der Waals surface area contributed by atoms with Gasteiger partial charge in [-0.25, -0.2) is 0 Å². The van der Waals surface area contributed by atoms with Gasteiger partial charge in [0.15, 0.2) is 5.96 Å². The molecule has 0 saturated carbocycles. The quantitative estimate of drug-likeness (QED) is 0.502. The maximum absolute atomic E-state index is 12.7. The molecule has 7 nitrogen and oxygen atoms in total. The Morgan fingerprint density at radius 2 is 1.67 bits per heavy atom. The first-order valence-electron chi connectivity index (χ1n) is 12.3. The van der Waals surface area contributed by atoms with Gasteiger partial charge in [-0.2, -0.15) is 0 Å². The predicted molar refractivity (Wildman–Crippen MR) is 124 cm³/mol. The maximum atomic E-state index is 12.7. The van der Waals surface area contributed by atoms with Crippen LogP contribution in [0.15, 0.2) is 4.99 Å². The molecule has 3 aliphatic rings. The highest BCUT2D eigenvalue weighted by atomic mass is 16.2. The molecule has 3 fully saturated rings. The van der Waals surface area contributed by atoms with Gasteiger partial charge in [-0.15, -0.1) is 0 Å². The molecule has 3 saturated heterocycles. The lowest BCUT2D eigenvalue weighted by Gasteiger charge is -2.39. The van der Waals surface area contributed by atoms with Gasteiger partial charge in [0, 0.05) is 58.4 Å². The zero-order valence-corrected chi connectivity index (χ0v) is 19.8. The van der Waals surface area contributed by atoms with Crippen molar-refractivity contribution < 1.29 is 4.79 Å². The molecule has 172 valence electrons. The molecule has 0 radical (unpaired) electrons. The number of nitrogens with zero attached hydrogens (tertiary/aromatic N) is 5. The normalized spacial score (nSPS) is 25.4. The number of hydrogen-bond acceptors (Lipinski definition) is 4. The first-order valence-corrected chi connectivity index (χ1v) is 12.3. The highest BCUT2D eigenvalue weighted by Crippen LogP contribution is 2.19. The first kappa shape index (κ1) is 23.3. The van der Waals surface area contributed by atoms with Gasteiger partial charge in [-0.05, 0) is 52.0 Å². The van der Waals surface area contributed by atoms with Gasteiger partial charge in [-0.1, -0.05) is 13.8 Å². The number of likely N-dealkylation sites (tertiary alicyclic amines) is 2. The van der Waals surface area contributed by atoms with Gasteiger partial charge in [0.2, 0.25) is 5.91 Å². The van der Waals surface area contributed by atoms with Crippen LogP contribution in [0.25, 0.3) is 0 Å². The van der Waals surface area contributed by atoms with E-state index in [-0.39, 0.29) is 6.04 Å². The van der Waals surface area contributed by atoms with Crippen LogP contribution in [0.2, 0.25) is 0 Å². The van der Waals surface area contributed by atoms with Crippen LogP contribution < -0.4 is 5.32 Å². The van der Waals surface area contributed by atoms with Crippen molar-refractivity contribution in [3.8, 4) is 0 Å². The summed E-state index contributed by atoms with van der Waals surface area (Å²) < 4.78 is 0. The van der Waals surface area contributed by atoms with Gasteiger partial charge in [0.1, 0.15) is 0 Å². The van der Waals surface area contributed by atoms with Crippen LogP contribution in [0.5, 0.6) is 0 Å². The lowest BCUT2D eigenvalue weighted by atomic mass is 10.1. The molecule has 1 amide bonds. The number of carbonyl (C=O) groups excluding carboxylic acids is 1.